The van der Waals surface area contributed by atoms with Gasteiger partial charge in [0.25, 0.3) is 0 Å². The molecule has 1 aliphatic heterocycles. The summed E-state index contributed by atoms with van der Waals surface area (Å²) in [4.78, 5) is 26.9. The second-order valence-corrected chi connectivity index (χ2v) is 7.96. The molecule has 4 rings (SSSR count). The van der Waals surface area contributed by atoms with E-state index >= 15 is 0 Å². The molecule has 158 valence electrons. The van der Waals surface area contributed by atoms with Gasteiger partial charge in [-0.1, -0.05) is 36.4 Å². The van der Waals surface area contributed by atoms with Gasteiger partial charge in [0.15, 0.2) is 0 Å². The lowest BCUT2D eigenvalue weighted by molar-refractivity contribution is -0.122. The highest BCUT2D eigenvalue weighted by molar-refractivity contribution is 6.03. The van der Waals surface area contributed by atoms with Crippen molar-refractivity contribution in [3.05, 3.63) is 89.5 Å². The maximum atomic E-state index is 12.7. The second kappa shape index (κ2) is 9.04. The molecule has 0 saturated carbocycles. The molecule has 0 bridgehead atoms. The summed E-state index contributed by atoms with van der Waals surface area (Å²) < 4.78 is 5.78. The lowest BCUT2D eigenvalue weighted by Crippen LogP contribution is -2.28. The van der Waals surface area contributed by atoms with Crippen LogP contribution in [0.1, 0.15) is 23.1 Å². The van der Waals surface area contributed by atoms with Crippen LogP contribution in [0.3, 0.4) is 0 Å². The summed E-state index contributed by atoms with van der Waals surface area (Å²) in [5, 5.41) is 2.92. The third kappa shape index (κ3) is 4.94. The third-order valence-corrected chi connectivity index (χ3v) is 5.67. The molecule has 2 amide bonds. The quantitative estimate of drug-likeness (QED) is 0.626. The zero-order valence-electron chi connectivity index (χ0n) is 17.8. The number of hydrogen-bond acceptors (Lipinski definition) is 3. The normalized spacial score (nSPS) is 15.7. The second-order valence-electron chi connectivity index (χ2n) is 7.96. The van der Waals surface area contributed by atoms with Gasteiger partial charge in [0, 0.05) is 24.3 Å². The van der Waals surface area contributed by atoms with E-state index in [2.05, 4.69) is 5.32 Å². The van der Waals surface area contributed by atoms with Crippen LogP contribution in [0.5, 0.6) is 5.75 Å². The Morgan fingerprint density at radius 1 is 1.00 bits per heavy atom. The van der Waals surface area contributed by atoms with E-state index in [1.165, 1.54) is 5.56 Å². The molecule has 1 fully saturated rings. The summed E-state index contributed by atoms with van der Waals surface area (Å²) in [6, 6.07) is 23.2. The van der Waals surface area contributed by atoms with Gasteiger partial charge in [0.2, 0.25) is 11.8 Å². The summed E-state index contributed by atoms with van der Waals surface area (Å²) in [7, 11) is 0. The molecule has 5 heteroatoms. The lowest BCUT2D eigenvalue weighted by Gasteiger charge is -2.18. The molecule has 31 heavy (non-hydrogen) atoms. The molecule has 0 aliphatic carbocycles. The van der Waals surface area contributed by atoms with Gasteiger partial charge in [-0.15, -0.1) is 0 Å². The predicted octanol–water partition coefficient (Wildman–Crippen LogP) is 4.87. The minimum atomic E-state index is -0.372. The minimum Gasteiger partial charge on any atom is -0.489 e. The molecule has 1 N–H and O–H groups in total. The monoisotopic (exact) mass is 414 g/mol. The first-order chi connectivity index (χ1) is 15.0. The van der Waals surface area contributed by atoms with Crippen LogP contribution in [0.15, 0.2) is 72.8 Å². The van der Waals surface area contributed by atoms with Crippen LogP contribution in [0.2, 0.25) is 0 Å². The lowest BCUT2D eigenvalue weighted by atomic mass is 10.1. The van der Waals surface area contributed by atoms with Gasteiger partial charge in [0.05, 0.1) is 5.92 Å². The first-order valence-corrected chi connectivity index (χ1v) is 10.4. The Morgan fingerprint density at radius 3 is 2.45 bits per heavy atom. The van der Waals surface area contributed by atoms with Gasteiger partial charge in [-0.3, -0.25) is 9.59 Å². The van der Waals surface area contributed by atoms with Crippen LogP contribution < -0.4 is 15.0 Å². The van der Waals surface area contributed by atoms with Gasteiger partial charge in [-0.25, -0.2) is 0 Å². The largest absolute Gasteiger partial charge is 0.489 e. The Kier molecular flexibility index (Phi) is 6.03. The molecule has 1 atom stereocenters. The number of anilines is 2. The fourth-order valence-corrected chi connectivity index (χ4v) is 3.65. The number of nitrogens with one attached hydrogen (secondary N) is 1. The number of ether oxygens (including phenoxy) is 1. The standard InChI is InChI=1S/C26H26N2O3/c1-18-8-11-23(14-19(18)2)28-16-21(15-25(28)29)26(30)27-22-9-12-24(13-10-22)31-17-20-6-4-3-5-7-20/h3-14,21H,15-17H2,1-2H3,(H,27,30). The highest BCUT2D eigenvalue weighted by Crippen LogP contribution is 2.28. The van der Waals surface area contributed by atoms with Crippen molar-refractivity contribution in [3.63, 3.8) is 0 Å². The molecule has 0 radical (unpaired) electrons. The van der Waals surface area contributed by atoms with Crippen LogP contribution in [0.4, 0.5) is 11.4 Å². The molecular weight excluding hydrogens is 388 g/mol. The van der Waals surface area contributed by atoms with Crippen LogP contribution in [0, 0.1) is 19.8 Å². The third-order valence-electron chi connectivity index (χ3n) is 5.67. The van der Waals surface area contributed by atoms with Gasteiger partial charge >= 0.3 is 0 Å². The molecule has 5 nitrogen and oxygen atoms in total. The van der Waals surface area contributed by atoms with Crippen molar-refractivity contribution in [2.24, 2.45) is 5.92 Å². The van der Waals surface area contributed by atoms with Crippen LogP contribution >= 0.6 is 0 Å². The topological polar surface area (TPSA) is 58.6 Å². The summed E-state index contributed by atoms with van der Waals surface area (Å²) in [6.07, 6.45) is 0.219. The average Bonchev–Trinajstić information content (AvgIpc) is 3.18. The van der Waals surface area contributed by atoms with E-state index < -0.39 is 0 Å². The van der Waals surface area contributed by atoms with E-state index in [9.17, 15) is 9.59 Å². The van der Waals surface area contributed by atoms with E-state index in [-0.39, 0.29) is 24.2 Å². The van der Waals surface area contributed by atoms with Crippen LogP contribution in [0.25, 0.3) is 0 Å². The molecule has 0 spiro atoms. The van der Waals surface area contributed by atoms with Gasteiger partial charge in [0.1, 0.15) is 12.4 Å². The summed E-state index contributed by atoms with van der Waals surface area (Å²) >= 11 is 0. The number of carbonyl (C=O) groups excluding carboxylic acids is 2. The number of rotatable bonds is 6. The van der Waals surface area contributed by atoms with Crippen molar-refractivity contribution in [1.29, 1.82) is 0 Å². The Morgan fingerprint density at radius 2 is 1.74 bits per heavy atom. The summed E-state index contributed by atoms with van der Waals surface area (Å²) in [5.74, 6) is 0.202. The molecule has 1 unspecified atom stereocenters. The van der Waals surface area contributed by atoms with Crippen molar-refractivity contribution >= 4 is 23.2 Å². The zero-order chi connectivity index (χ0) is 21.8. The molecule has 1 saturated heterocycles. The number of amides is 2. The molecule has 3 aromatic carbocycles. The molecule has 3 aromatic rings. The first kappa shape index (κ1) is 20.7. The number of carbonyl (C=O) groups is 2. The Labute approximate surface area is 182 Å². The summed E-state index contributed by atoms with van der Waals surface area (Å²) in [5.41, 5.74) is 4.95. The van der Waals surface area contributed by atoms with Gasteiger partial charge in [-0.05, 0) is 66.9 Å². The number of benzene rings is 3. The molecule has 1 aliphatic rings. The average molecular weight is 415 g/mol. The summed E-state index contributed by atoms with van der Waals surface area (Å²) in [6.45, 7) is 4.95. The number of hydrogen-bond donors (Lipinski definition) is 1. The fraction of sp³-hybridized carbons (Fsp3) is 0.231. The van der Waals surface area contributed by atoms with Crippen LogP contribution in [-0.2, 0) is 16.2 Å². The number of nitrogens with zero attached hydrogens (tertiary/aromatic N) is 1. The highest BCUT2D eigenvalue weighted by atomic mass is 16.5. The maximum absolute atomic E-state index is 12.7. The molecular formula is C26H26N2O3. The molecule has 0 aromatic heterocycles. The molecule has 1 heterocycles. The van der Waals surface area contributed by atoms with E-state index in [0.717, 1.165) is 22.6 Å². The van der Waals surface area contributed by atoms with Crippen molar-refractivity contribution in [2.75, 3.05) is 16.8 Å². The zero-order valence-corrected chi connectivity index (χ0v) is 17.8. The SMILES string of the molecule is Cc1ccc(N2CC(C(=O)Nc3ccc(OCc4ccccc4)cc3)CC2=O)cc1C. The van der Waals surface area contributed by atoms with E-state index in [0.29, 0.717) is 18.8 Å². The smallest absolute Gasteiger partial charge is 0.229 e. The van der Waals surface area contributed by atoms with E-state index in [4.69, 9.17) is 4.74 Å². The number of aryl methyl sites for hydroxylation is 2. The minimum absolute atomic E-state index is 0.0203. The van der Waals surface area contributed by atoms with Crippen LogP contribution in [-0.4, -0.2) is 18.4 Å². The Hall–Kier alpha value is -3.60. The van der Waals surface area contributed by atoms with E-state index in [1.54, 1.807) is 4.90 Å². The van der Waals surface area contributed by atoms with E-state index in [1.807, 2.05) is 86.6 Å². The Bertz CT molecular complexity index is 1080. The Balaban J connectivity index is 1.34. The van der Waals surface area contributed by atoms with Gasteiger partial charge < -0.3 is 15.0 Å². The fourth-order valence-electron chi connectivity index (χ4n) is 3.65. The maximum Gasteiger partial charge on any atom is 0.229 e. The predicted molar refractivity (Wildman–Crippen MR) is 122 cm³/mol. The van der Waals surface area contributed by atoms with Gasteiger partial charge in [-0.2, -0.15) is 0 Å². The van der Waals surface area contributed by atoms with Crippen molar-refractivity contribution in [3.8, 4) is 5.75 Å². The van der Waals surface area contributed by atoms with Crippen molar-refractivity contribution in [1.82, 2.24) is 0 Å². The highest BCUT2D eigenvalue weighted by Gasteiger charge is 2.35. The van der Waals surface area contributed by atoms with Crippen molar-refractivity contribution < 1.29 is 14.3 Å². The first-order valence-electron chi connectivity index (χ1n) is 10.4. The van der Waals surface area contributed by atoms with Crippen molar-refractivity contribution in [2.45, 2.75) is 26.9 Å².